The number of likely N-dealkylation sites (tertiary alicyclic amines) is 1. The van der Waals surface area contributed by atoms with Gasteiger partial charge in [-0.15, -0.1) is 0 Å². The molecule has 2 heterocycles. The molecule has 2 aliphatic rings. The Morgan fingerprint density at radius 2 is 2.14 bits per heavy atom. The average Bonchev–Trinajstić information content (AvgIpc) is 2.73. The highest BCUT2D eigenvalue weighted by Gasteiger charge is 2.52. The van der Waals surface area contributed by atoms with E-state index in [0.717, 1.165) is 16.7 Å². The Labute approximate surface area is 124 Å². The number of nitrogens with one attached hydrogen (secondary N) is 1. The Hall–Kier alpha value is -1.88. The van der Waals surface area contributed by atoms with Gasteiger partial charge < -0.3 is 19.8 Å². The third kappa shape index (κ3) is 2.42. The number of carbonyl (C=O) groups excluding carboxylic acids is 1. The summed E-state index contributed by atoms with van der Waals surface area (Å²) in [6.07, 6.45) is 1.04. The zero-order valence-electron chi connectivity index (χ0n) is 12.6. The molecule has 1 fully saturated rings. The predicted molar refractivity (Wildman–Crippen MR) is 78.6 cm³/mol. The van der Waals surface area contributed by atoms with E-state index >= 15 is 0 Å². The SMILES string of the molecule is CC(C)(C)OC(=O)N1CC2(C1)OCc1cc(C=N)ccc12. The van der Waals surface area contributed by atoms with Gasteiger partial charge >= 0.3 is 6.09 Å². The lowest BCUT2D eigenvalue weighted by Gasteiger charge is -2.47. The molecule has 1 aromatic rings. The van der Waals surface area contributed by atoms with Crippen LogP contribution in [-0.4, -0.2) is 35.9 Å². The van der Waals surface area contributed by atoms with Gasteiger partial charge in [0.15, 0.2) is 0 Å². The van der Waals surface area contributed by atoms with E-state index in [1.807, 2.05) is 39.0 Å². The molecule has 0 bridgehead atoms. The predicted octanol–water partition coefficient (Wildman–Crippen LogP) is 2.66. The molecule has 3 rings (SSSR count). The van der Waals surface area contributed by atoms with Crippen molar-refractivity contribution in [3.05, 3.63) is 34.9 Å². The van der Waals surface area contributed by atoms with Gasteiger partial charge in [0.1, 0.15) is 11.2 Å². The molecule has 1 spiro atoms. The average molecular weight is 288 g/mol. The van der Waals surface area contributed by atoms with Crippen LogP contribution in [0.1, 0.15) is 37.5 Å². The summed E-state index contributed by atoms with van der Waals surface area (Å²) in [5.41, 5.74) is 2.25. The first kappa shape index (κ1) is 14.1. The summed E-state index contributed by atoms with van der Waals surface area (Å²) in [4.78, 5) is 13.7. The first-order valence-corrected chi connectivity index (χ1v) is 7.09. The Morgan fingerprint density at radius 1 is 1.43 bits per heavy atom. The fraction of sp³-hybridized carbons (Fsp3) is 0.500. The number of hydrogen-bond acceptors (Lipinski definition) is 4. The van der Waals surface area contributed by atoms with E-state index < -0.39 is 5.60 Å². The van der Waals surface area contributed by atoms with Crippen molar-refractivity contribution in [1.82, 2.24) is 4.90 Å². The Kier molecular flexibility index (Phi) is 3.06. The quantitative estimate of drug-likeness (QED) is 0.808. The summed E-state index contributed by atoms with van der Waals surface area (Å²) in [6, 6.07) is 5.90. The third-order valence-electron chi connectivity index (χ3n) is 3.84. The van der Waals surface area contributed by atoms with Crippen molar-refractivity contribution in [3.63, 3.8) is 0 Å². The molecule has 0 radical (unpaired) electrons. The molecule has 0 unspecified atom stereocenters. The van der Waals surface area contributed by atoms with Crippen molar-refractivity contribution in [1.29, 1.82) is 5.41 Å². The maximum absolute atomic E-state index is 12.0. The number of hydrogen-bond donors (Lipinski definition) is 1. The topological polar surface area (TPSA) is 62.6 Å². The first-order chi connectivity index (χ1) is 9.83. The van der Waals surface area contributed by atoms with Crippen LogP contribution >= 0.6 is 0 Å². The van der Waals surface area contributed by atoms with E-state index in [1.165, 1.54) is 6.21 Å². The van der Waals surface area contributed by atoms with Crippen LogP contribution < -0.4 is 0 Å². The van der Waals surface area contributed by atoms with E-state index in [2.05, 4.69) is 0 Å². The smallest absolute Gasteiger partial charge is 0.410 e. The van der Waals surface area contributed by atoms with E-state index in [9.17, 15) is 4.79 Å². The molecule has 112 valence electrons. The maximum Gasteiger partial charge on any atom is 0.410 e. The summed E-state index contributed by atoms with van der Waals surface area (Å²) >= 11 is 0. The zero-order chi connectivity index (χ0) is 15.3. The monoisotopic (exact) mass is 288 g/mol. The molecule has 1 amide bonds. The molecule has 0 atom stereocenters. The number of ether oxygens (including phenoxy) is 2. The van der Waals surface area contributed by atoms with Crippen molar-refractivity contribution in [3.8, 4) is 0 Å². The summed E-state index contributed by atoms with van der Waals surface area (Å²) in [5, 5.41) is 7.30. The van der Waals surface area contributed by atoms with Crippen LogP contribution in [0.4, 0.5) is 4.79 Å². The van der Waals surface area contributed by atoms with Gasteiger partial charge in [-0.3, -0.25) is 0 Å². The zero-order valence-corrected chi connectivity index (χ0v) is 12.6. The summed E-state index contributed by atoms with van der Waals surface area (Å²) in [7, 11) is 0. The highest BCUT2D eigenvalue weighted by Crippen LogP contribution is 2.43. The Bertz CT molecular complexity index is 598. The van der Waals surface area contributed by atoms with Gasteiger partial charge in [0, 0.05) is 6.21 Å². The molecule has 0 aliphatic carbocycles. The molecular formula is C16H20N2O3. The summed E-state index contributed by atoms with van der Waals surface area (Å²) < 4.78 is 11.3. The molecule has 5 heteroatoms. The second-order valence-electron chi connectivity index (χ2n) is 6.68. The number of amides is 1. The number of carbonyl (C=O) groups is 1. The molecule has 1 N–H and O–H groups in total. The lowest BCUT2D eigenvalue weighted by atomic mass is 9.85. The van der Waals surface area contributed by atoms with Gasteiger partial charge in [-0.05, 0) is 43.5 Å². The first-order valence-electron chi connectivity index (χ1n) is 7.09. The van der Waals surface area contributed by atoms with E-state index in [4.69, 9.17) is 14.9 Å². The summed E-state index contributed by atoms with van der Waals surface area (Å²) in [5.74, 6) is 0. The van der Waals surface area contributed by atoms with Crippen LogP contribution in [0.3, 0.4) is 0 Å². The molecule has 5 nitrogen and oxygen atoms in total. The fourth-order valence-corrected chi connectivity index (χ4v) is 2.85. The van der Waals surface area contributed by atoms with Gasteiger partial charge in [0.25, 0.3) is 0 Å². The second-order valence-corrected chi connectivity index (χ2v) is 6.68. The number of nitrogens with zero attached hydrogens (tertiary/aromatic N) is 1. The minimum absolute atomic E-state index is 0.290. The number of rotatable bonds is 1. The molecule has 0 aromatic heterocycles. The summed E-state index contributed by atoms with van der Waals surface area (Å²) in [6.45, 7) is 7.18. The highest BCUT2D eigenvalue weighted by molar-refractivity contribution is 5.77. The minimum Gasteiger partial charge on any atom is -0.444 e. The number of fused-ring (bicyclic) bond motifs is 2. The number of benzene rings is 1. The van der Waals surface area contributed by atoms with E-state index in [1.54, 1.807) is 4.90 Å². The van der Waals surface area contributed by atoms with E-state index in [-0.39, 0.29) is 11.7 Å². The van der Waals surface area contributed by atoms with Gasteiger partial charge in [-0.2, -0.15) is 0 Å². The van der Waals surface area contributed by atoms with Crippen LogP contribution in [0.2, 0.25) is 0 Å². The molecular weight excluding hydrogens is 268 g/mol. The van der Waals surface area contributed by atoms with Gasteiger partial charge in [0.05, 0.1) is 19.7 Å². The van der Waals surface area contributed by atoms with Crippen molar-refractivity contribution in [2.24, 2.45) is 0 Å². The van der Waals surface area contributed by atoms with Gasteiger partial charge in [0.2, 0.25) is 0 Å². The molecule has 0 saturated carbocycles. The van der Waals surface area contributed by atoms with Gasteiger partial charge in [-0.1, -0.05) is 12.1 Å². The highest BCUT2D eigenvalue weighted by atomic mass is 16.6. The lowest BCUT2D eigenvalue weighted by molar-refractivity contribution is -0.137. The van der Waals surface area contributed by atoms with Crippen molar-refractivity contribution >= 4 is 12.3 Å². The normalized spacial score (nSPS) is 19.1. The van der Waals surface area contributed by atoms with Crippen LogP contribution in [0, 0.1) is 5.41 Å². The second kappa shape index (κ2) is 4.56. The van der Waals surface area contributed by atoms with Crippen LogP contribution in [0.5, 0.6) is 0 Å². The standard InChI is InChI=1S/C16H20N2O3/c1-15(2,3)21-14(19)18-9-16(10-18)13-5-4-11(7-17)6-12(13)8-20-16/h4-7,17H,8-10H2,1-3H3. The van der Waals surface area contributed by atoms with Crippen molar-refractivity contribution in [2.45, 2.75) is 38.6 Å². The molecule has 21 heavy (non-hydrogen) atoms. The molecule has 2 aliphatic heterocycles. The van der Waals surface area contributed by atoms with Crippen LogP contribution in [0.25, 0.3) is 0 Å². The van der Waals surface area contributed by atoms with Crippen LogP contribution in [0.15, 0.2) is 18.2 Å². The maximum atomic E-state index is 12.0. The van der Waals surface area contributed by atoms with Crippen molar-refractivity contribution in [2.75, 3.05) is 13.1 Å². The van der Waals surface area contributed by atoms with Crippen LogP contribution in [-0.2, 0) is 21.7 Å². The van der Waals surface area contributed by atoms with E-state index in [0.29, 0.717) is 19.7 Å². The Balaban J connectivity index is 1.72. The van der Waals surface area contributed by atoms with Crippen molar-refractivity contribution < 1.29 is 14.3 Å². The third-order valence-corrected chi connectivity index (χ3v) is 3.84. The lowest BCUT2D eigenvalue weighted by Crippen LogP contribution is -2.61. The molecule has 1 aromatic carbocycles. The van der Waals surface area contributed by atoms with Gasteiger partial charge in [-0.25, -0.2) is 4.79 Å². The Morgan fingerprint density at radius 3 is 2.76 bits per heavy atom. The largest absolute Gasteiger partial charge is 0.444 e. The minimum atomic E-state index is -0.479. The fourth-order valence-electron chi connectivity index (χ4n) is 2.85. The molecule has 1 saturated heterocycles.